The van der Waals surface area contributed by atoms with E-state index in [-0.39, 0.29) is 18.1 Å². The lowest BCUT2D eigenvalue weighted by Crippen LogP contribution is -2.53. The van der Waals surface area contributed by atoms with Crippen molar-refractivity contribution in [3.8, 4) is 0 Å². The fourth-order valence-electron chi connectivity index (χ4n) is 1.97. The van der Waals surface area contributed by atoms with Crippen LogP contribution < -0.4 is 10.6 Å². The molecule has 0 saturated carbocycles. The van der Waals surface area contributed by atoms with Crippen LogP contribution in [0, 0.1) is 5.41 Å². The molecule has 6 heteroatoms. The van der Waals surface area contributed by atoms with E-state index in [2.05, 4.69) is 10.6 Å². The van der Waals surface area contributed by atoms with Gasteiger partial charge in [0, 0.05) is 13.7 Å². The molecule has 0 aromatic carbocycles. The SMILES string of the molecule is COC1CNC(C(=O)N[C@@H](C(=O)O)C(C)(C)C)C1. The first-order valence-electron chi connectivity index (χ1n) is 6.05. The van der Waals surface area contributed by atoms with Crippen molar-refractivity contribution in [2.45, 2.75) is 45.4 Å². The van der Waals surface area contributed by atoms with Crippen LogP contribution in [-0.4, -0.2) is 48.8 Å². The van der Waals surface area contributed by atoms with Crippen molar-refractivity contribution in [2.24, 2.45) is 5.41 Å². The lowest BCUT2D eigenvalue weighted by Gasteiger charge is -2.28. The predicted octanol–water partition coefficient (Wildman–Crippen LogP) is -0.0212. The van der Waals surface area contributed by atoms with Gasteiger partial charge in [-0.15, -0.1) is 0 Å². The number of carboxylic acid groups (broad SMARTS) is 1. The minimum absolute atomic E-state index is 0.0127. The first kappa shape index (κ1) is 14.9. The Hall–Kier alpha value is -1.14. The van der Waals surface area contributed by atoms with Gasteiger partial charge in [-0.25, -0.2) is 4.79 Å². The van der Waals surface area contributed by atoms with Gasteiger partial charge in [-0.1, -0.05) is 20.8 Å². The number of hydrogen-bond donors (Lipinski definition) is 3. The molecule has 3 N–H and O–H groups in total. The van der Waals surface area contributed by atoms with Crippen LogP contribution in [0.3, 0.4) is 0 Å². The van der Waals surface area contributed by atoms with Crippen LogP contribution in [0.15, 0.2) is 0 Å². The zero-order valence-corrected chi connectivity index (χ0v) is 11.3. The molecule has 1 aliphatic rings. The van der Waals surface area contributed by atoms with Crippen molar-refractivity contribution >= 4 is 11.9 Å². The number of hydrogen-bond acceptors (Lipinski definition) is 4. The van der Waals surface area contributed by atoms with E-state index in [1.165, 1.54) is 0 Å². The van der Waals surface area contributed by atoms with Gasteiger partial charge in [0.1, 0.15) is 6.04 Å². The highest BCUT2D eigenvalue weighted by Crippen LogP contribution is 2.20. The van der Waals surface area contributed by atoms with E-state index in [9.17, 15) is 9.59 Å². The summed E-state index contributed by atoms with van der Waals surface area (Å²) >= 11 is 0. The summed E-state index contributed by atoms with van der Waals surface area (Å²) in [4.78, 5) is 23.1. The second-order valence-corrected chi connectivity index (χ2v) is 5.70. The van der Waals surface area contributed by atoms with Gasteiger partial charge in [-0.05, 0) is 11.8 Å². The summed E-state index contributed by atoms with van der Waals surface area (Å²) < 4.78 is 5.15. The smallest absolute Gasteiger partial charge is 0.326 e. The molecule has 1 fully saturated rings. The van der Waals surface area contributed by atoms with Crippen LogP contribution in [-0.2, 0) is 14.3 Å². The van der Waals surface area contributed by atoms with Crippen LogP contribution in [0.5, 0.6) is 0 Å². The number of amides is 1. The Morgan fingerprint density at radius 2 is 2.06 bits per heavy atom. The molecule has 0 aromatic rings. The molecule has 0 bridgehead atoms. The van der Waals surface area contributed by atoms with Gasteiger partial charge >= 0.3 is 5.97 Å². The summed E-state index contributed by atoms with van der Waals surface area (Å²) in [6.45, 7) is 5.96. The Morgan fingerprint density at radius 3 is 2.44 bits per heavy atom. The Balaban J connectivity index is 2.60. The van der Waals surface area contributed by atoms with Crippen molar-refractivity contribution in [1.29, 1.82) is 0 Å². The minimum Gasteiger partial charge on any atom is -0.480 e. The Morgan fingerprint density at radius 1 is 1.44 bits per heavy atom. The lowest BCUT2D eigenvalue weighted by molar-refractivity contribution is -0.145. The largest absolute Gasteiger partial charge is 0.480 e. The summed E-state index contributed by atoms with van der Waals surface area (Å²) in [6.07, 6.45) is 0.581. The fourth-order valence-corrected chi connectivity index (χ4v) is 1.97. The van der Waals surface area contributed by atoms with Crippen molar-refractivity contribution in [1.82, 2.24) is 10.6 Å². The van der Waals surface area contributed by atoms with Crippen molar-refractivity contribution in [2.75, 3.05) is 13.7 Å². The molecule has 1 saturated heterocycles. The molecule has 1 aliphatic heterocycles. The third-order valence-electron chi connectivity index (χ3n) is 3.14. The third kappa shape index (κ3) is 3.68. The number of carboxylic acids is 1. The Kier molecular flexibility index (Phi) is 4.70. The molecule has 104 valence electrons. The topological polar surface area (TPSA) is 87.7 Å². The zero-order chi connectivity index (χ0) is 13.9. The molecule has 2 unspecified atom stereocenters. The quantitative estimate of drug-likeness (QED) is 0.659. The summed E-state index contributed by atoms with van der Waals surface area (Å²) in [5.41, 5.74) is -0.527. The maximum absolute atomic E-state index is 12.0. The second-order valence-electron chi connectivity index (χ2n) is 5.70. The lowest BCUT2D eigenvalue weighted by atomic mass is 9.86. The number of nitrogens with one attached hydrogen (secondary N) is 2. The Bertz CT molecular complexity index is 325. The number of carbonyl (C=O) groups is 2. The number of carbonyl (C=O) groups excluding carboxylic acids is 1. The van der Waals surface area contributed by atoms with E-state index in [4.69, 9.17) is 9.84 Å². The van der Waals surface area contributed by atoms with Crippen LogP contribution in [0.25, 0.3) is 0 Å². The molecule has 1 amide bonds. The zero-order valence-electron chi connectivity index (χ0n) is 11.3. The minimum atomic E-state index is -1.02. The monoisotopic (exact) mass is 258 g/mol. The second kappa shape index (κ2) is 5.67. The molecule has 6 nitrogen and oxygen atoms in total. The van der Waals surface area contributed by atoms with E-state index >= 15 is 0 Å². The number of ether oxygens (including phenoxy) is 1. The standard InChI is InChI=1S/C12H22N2O4/c1-12(2,3)9(11(16)17)14-10(15)8-5-7(18-4)6-13-8/h7-9,13H,5-6H2,1-4H3,(H,14,15)(H,16,17)/t7?,8?,9-/m0/s1. The van der Waals surface area contributed by atoms with Gasteiger partial charge in [-0.2, -0.15) is 0 Å². The highest BCUT2D eigenvalue weighted by molar-refractivity contribution is 5.87. The third-order valence-corrected chi connectivity index (χ3v) is 3.14. The number of aliphatic carboxylic acids is 1. The molecule has 0 spiro atoms. The van der Waals surface area contributed by atoms with Gasteiger partial charge in [-0.3, -0.25) is 4.79 Å². The van der Waals surface area contributed by atoms with E-state index < -0.39 is 17.4 Å². The Labute approximate surface area is 107 Å². The summed E-state index contributed by atoms with van der Waals surface area (Å²) in [5.74, 6) is -1.30. The first-order valence-corrected chi connectivity index (χ1v) is 6.05. The summed E-state index contributed by atoms with van der Waals surface area (Å²) in [7, 11) is 1.60. The van der Waals surface area contributed by atoms with Gasteiger partial charge < -0.3 is 20.5 Å². The van der Waals surface area contributed by atoms with Gasteiger partial charge in [0.2, 0.25) is 5.91 Å². The molecule has 3 atom stereocenters. The van der Waals surface area contributed by atoms with Crippen molar-refractivity contribution < 1.29 is 19.4 Å². The van der Waals surface area contributed by atoms with Gasteiger partial charge in [0.15, 0.2) is 0 Å². The van der Waals surface area contributed by atoms with E-state index in [1.54, 1.807) is 27.9 Å². The molecule has 0 aromatic heterocycles. The molecular formula is C12H22N2O4. The summed E-state index contributed by atoms with van der Waals surface area (Å²) in [5, 5.41) is 14.7. The van der Waals surface area contributed by atoms with Gasteiger partial charge in [0.05, 0.1) is 12.1 Å². The van der Waals surface area contributed by atoms with E-state index in [0.717, 1.165) is 0 Å². The van der Waals surface area contributed by atoms with Crippen LogP contribution in [0.4, 0.5) is 0 Å². The maximum Gasteiger partial charge on any atom is 0.326 e. The molecule has 0 radical (unpaired) electrons. The fraction of sp³-hybridized carbons (Fsp3) is 0.833. The summed E-state index contributed by atoms with van der Waals surface area (Å²) in [6, 6.07) is -1.27. The molecule has 1 heterocycles. The predicted molar refractivity (Wildman–Crippen MR) is 66.2 cm³/mol. The normalized spacial score (nSPS) is 25.8. The van der Waals surface area contributed by atoms with E-state index in [0.29, 0.717) is 13.0 Å². The molecule has 0 aliphatic carbocycles. The highest BCUT2D eigenvalue weighted by atomic mass is 16.5. The molecular weight excluding hydrogens is 236 g/mol. The number of methoxy groups -OCH3 is 1. The van der Waals surface area contributed by atoms with Crippen LogP contribution in [0.2, 0.25) is 0 Å². The van der Waals surface area contributed by atoms with Gasteiger partial charge in [0.25, 0.3) is 0 Å². The van der Waals surface area contributed by atoms with Crippen molar-refractivity contribution in [3.05, 3.63) is 0 Å². The average Bonchev–Trinajstić information content (AvgIpc) is 2.71. The molecule has 1 rings (SSSR count). The molecule has 18 heavy (non-hydrogen) atoms. The first-order chi connectivity index (χ1) is 8.25. The maximum atomic E-state index is 12.0. The van der Waals surface area contributed by atoms with Crippen LogP contribution in [0.1, 0.15) is 27.2 Å². The van der Waals surface area contributed by atoms with E-state index in [1.807, 2.05) is 0 Å². The van der Waals surface area contributed by atoms with Crippen molar-refractivity contribution in [3.63, 3.8) is 0 Å². The average molecular weight is 258 g/mol. The number of rotatable bonds is 4. The highest BCUT2D eigenvalue weighted by Gasteiger charge is 2.36. The van der Waals surface area contributed by atoms with Crippen LogP contribution >= 0.6 is 0 Å².